The van der Waals surface area contributed by atoms with Gasteiger partial charge in [0.15, 0.2) is 0 Å². The highest BCUT2D eigenvalue weighted by Crippen LogP contribution is 2.03. The Morgan fingerprint density at radius 2 is 2.45 bits per heavy atom. The number of aromatic nitrogens is 2. The van der Waals surface area contributed by atoms with E-state index in [4.69, 9.17) is 5.11 Å². The van der Waals surface area contributed by atoms with Gasteiger partial charge in [0, 0.05) is 6.54 Å². The topological polar surface area (TPSA) is 88.2 Å². The van der Waals surface area contributed by atoms with E-state index in [1.807, 2.05) is 6.92 Å². The summed E-state index contributed by atoms with van der Waals surface area (Å²) in [5.41, 5.74) is 0. The lowest BCUT2D eigenvalue weighted by atomic mass is 10.7. The quantitative estimate of drug-likeness (QED) is 0.651. The van der Waals surface area contributed by atoms with Crippen LogP contribution in [0.5, 0.6) is 0 Å². The molecule has 0 aromatic carbocycles. The molecule has 0 aliphatic carbocycles. The summed E-state index contributed by atoms with van der Waals surface area (Å²) in [6.45, 7) is 2.45. The molecule has 0 radical (unpaired) electrons. The van der Waals surface area contributed by atoms with Gasteiger partial charge < -0.3 is 14.8 Å². The standard InChI is InChI=1S/C5H7N3O3/c1-2-6-5-8-7-3(11-5)4(9)10/h2H2,1H3,(H,6,8)(H,9,10). The Kier molecular flexibility index (Phi) is 2.05. The summed E-state index contributed by atoms with van der Waals surface area (Å²) < 4.78 is 4.65. The van der Waals surface area contributed by atoms with Crippen LogP contribution in [0.4, 0.5) is 6.01 Å². The maximum absolute atomic E-state index is 10.2. The Balaban J connectivity index is 2.73. The molecule has 2 N–H and O–H groups in total. The van der Waals surface area contributed by atoms with Gasteiger partial charge in [-0.3, -0.25) is 0 Å². The van der Waals surface area contributed by atoms with Gasteiger partial charge in [-0.1, -0.05) is 10.2 Å². The van der Waals surface area contributed by atoms with Crippen molar-refractivity contribution in [1.82, 2.24) is 10.2 Å². The van der Waals surface area contributed by atoms with Crippen LogP contribution in [-0.4, -0.2) is 27.8 Å². The molecular weight excluding hydrogens is 150 g/mol. The zero-order valence-corrected chi connectivity index (χ0v) is 5.87. The normalized spacial score (nSPS) is 9.55. The Labute approximate surface area is 62.2 Å². The van der Waals surface area contributed by atoms with Crippen LogP contribution in [0, 0.1) is 0 Å². The van der Waals surface area contributed by atoms with Crippen LogP contribution < -0.4 is 5.32 Å². The molecule has 6 heteroatoms. The van der Waals surface area contributed by atoms with Crippen LogP contribution in [0.1, 0.15) is 17.6 Å². The van der Waals surface area contributed by atoms with Crippen molar-refractivity contribution < 1.29 is 14.3 Å². The Hall–Kier alpha value is -1.59. The minimum absolute atomic E-state index is 0.130. The number of anilines is 1. The molecule has 11 heavy (non-hydrogen) atoms. The number of carboxylic acids is 1. The number of nitrogens with one attached hydrogen (secondary N) is 1. The zero-order valence-electron chi connectivity index (χ0n) is 5.87. The lowest BCUT2D eigenvalue weighted by molar-refractivity contribution is 0.0654. The lowest BCUT2D eigenvalue weighted by Gasteiger charge is -1.90. The second-order valence-electron chi connectivity index (χ2n) is 1.75. The first kappa shape index (κ1) is 7.52. The molecule has 0 aliphatic rings. The first-order chi connectivity index (χ1) is 5.24. The molecule has 0 saturated carbocycles. The number of carboxylic acid groups (broad SMARTS) is 1. The second kappa shape index (κ2) is 3.00. The van der Waals surface area contributed by atoms with Gasteiger partial charge in [0.2, 0.25) is 0 Å². The number of rotatable bonds is 3. The molecule has 6 nitrogen and oxygen atoms in total. The first-order valence-corrected chi connectivity index (χ1v) is 3.04. The van der Waals surface area contributed by atoms with Gasteiger partial charge >= 0.3 is 17.9 Å². The molecule has 0 unspecified atom stereocenters. The first-order valence-electron chi connectivity index (χ1n) is 3.04. The van der Waals surface area contributed by atoms with Crippen molar-refractivity contribution in [3.63, 3.8) is 0 Å². The number of nitrogens with zero attached hydrogens (tertiary/aromatic N) is 2. The van der Waals surface area contributed by atoms with E-state index in [0.29, 0.717) is 6.54 Å². The highest BCUT2D eigenvalue weighted by Gasteiger charge is 2.11. The van der Waals surface area contributed by atoms with Crippen molar-refractivity contribution in [2.45, 2.75) is 6.92 Å². The second-order valence-corrected chi connectivity index (χ2v) is 1.75. The molecule has 0 atom stereocenters. The van der Waals surface area contributed by atoms with Gasteiger partial charge in [-0.15, -0.1) is 0 Å². The maximum atomic E-state index is 10.2. The Bertz CT molecular complexity index is 257. The molecule has 0 saturated heterocycles. The molecule has 0 amide bonds. The van der Waals surface area contributed by atoms with Gasteiger partial charge in [0.05, 0.1) is 0 Å². The van der Waals surface area contributed by atoms with Crippen LogP contribution in [0.25, 0.3) is 0 Å². The van der Waals surface area contributed by atoms with Crippen LogP contribution in [0.3, 0.4) is 0 Å². The van der Waals surface area contributed by atoms with E-state index in [9.17, 15) is 4.79 Å². The van der Waals surface area contributed by atoms with Crippen molar-refractivity contribution in [2.75, 3.05) is 11.9 Å². The number of aromatic carboxylic acids is 1. The third-order valence-electron chi connectivity index (χ3n) is 0.936. The van der Waals surface area contributed by atoms with Crippen molar-refractivity contribution in [3.05, 3.63) is 5.89 Å². The highest BCUT2D eigenvalue weighted by molar-refractivity contribution is 5.81. The van der Waals surface area contributed by atoms with E-state index in [0.717, 1.165) is 0 Å². The van der Waals surface area contributed by atoms with E-state index < -0.39 is 11.9 Å². The molecular formula is C5H7N3O3. The van der Waals surface area contributed by atoms with Gasteiger partial charge in [-0.05, 0) is 6.92 Å². The van der Waals surface area contributed by atoms with E-state index in [1.165, 1.54) is 0 Å². The number of hydrogen-bond acceptors (Lipinski definition) is 5. The van der Waals surface area contributed by atoms with Crippen molar-refractivity contribution in [1.29, 1.82) is 0 Å². The molecule has 1 rings (SSSR count). The van der Waals surface area contributed by atoms with Gasteiger partial charge in [0.25, 0.3) is 0 Å². The molecule has 60 valence electrons. The van der Waals surface area contributed by atoms with Gasteiger partial charge in [-0.25, -0.2) is 4.79 Å². The number of hydrogen-bond donors (Lipinski definition) is 2. The average molecular weight is 157 g/mol. The summed E-state index contributed by atoms with van der Waals surface area (Å²) >= 11 is 0. The smallest absolute Gasteiger partial charge is 0.393 e. The predicted molar refractivity (Wildman–Crippen MR) is 35.4 cm³/mol. The fraction of sp³-hybridized carbons (Fsp3) is 0.400. The average Bonchev–Trinajstić information content (AvgIpc) is 2.37. The molecule has 0 bridgehead atoms. The fourth-order valence-electron chi connectivity index (χ4n) is 0.532. The Morgan fingerprint density at radius 3 is 2.91 bits per heavy atom. The summed E-state index contributed by atoms with van der Waals surface area (Å²) in [5, 5.41) is 17.7. The molecule has 0 fully saturated rings. The van der Waals surface area contributed by atoms with Crippen molar-refractivity contribution in [2.24, 2.45) is 0 Å². The number of carbonyl (C=O) groups is 1. The molecule has 0 aliphatic heterocycles. The van der Waals surface area contributed by atoms with E-state index >= 15 is 0 Å². The van der Waals surface area contributed by atoms with E-state index in [1.54, 1.807) is 0 Å². The summed E-state index contributed by atoms with van der Waals surface area (Å²) in [5.74, 6) is -1.62. The summed E-state index contributed by atoms with van der Waals surface area (Å²) in [6, 6.07) is 0.130. The van der Waals surface area contributed by atoms with Crippen LogP contribution in [-0.2, 0) is 0 Å². The highest BCUT2D eigenvalue weighted by atomic mass is 16.4. The SMILES string of the molecule is CCNc1nnc(C(=O)O)o1. The van der Waals surface area contributed by atoms with Crippen LogP contribution in [0.2, 0.25) is 0 Å². The summed E-state index contributed by atoms with van der Waals surface area (Å²) in [4.78, 5) is 10.2. The molecule has 1 heterocycles. The molecule has 0 spiro atoms. The fourth-order valence-corrected chi connectivity index (χ4v) is 0.532. The third-order valence-corrected chi connectivity index (χ3v) is 0.936. The minimum Gasteiger partial charge on any atom is -0.474 e. The maximum Gasteiger partial charge on any atom is 0.393 e. The Morgan fingerprint density at radius 1 is 1.73 bits per heavy atom. The van der Waals surface area contributed by atoms with Crippen LogP contribution >= 0.6 is 0 Å². The van der Waals surface area contributed by atoms with Gasteiger partial charge in [-0.2, -0.15) is 0 Å². The van der Waals surface area contributed by atoms with E-state index in [-0.39, 0.29) is 6.01 Å². The molecule has 1 aromatic heterocycles. The van der Waals surface area contributed by atoms with Crippen molar-refractivity contribution >= 4 is 12.0 Å². The van der Waals surface area contributed by atoms with E-state index in [2.05, 4.69) is 19.9 Å². The minimum atomic E-state index is -1.22. The predicted octanol–water partition coefficient (Wildman–Crippen LogP) is 0.200. The van der Waals surface area contributed by atoms with Gasteiger partial charge in [0.1, 0.15) is 0 Å². The monoisotopic (exact) mass is 157 g/mol. The largest absolute Gasteiger partial charge is 0.474 e. The lowest BCUT2D eigenvalue weighted by Crippen LogP contribution is -1.96. The van der Waals surface area contributed by atoms with Crippen molar-refractivity contribution in [3.8, 4) is 0 Å². The summed E-state index contributed by atoms with van der Waals surface area (Å²) in [6.07, 6.45) is 0. The summed E-state index contributed by atoms with van der Waals surface area (Å²) in [7, 11) is 0. The molecule has 1 aromatic rings. The zero-order chi connectivity index (χ0) is 8.27. The van der Waals surface area contributed by atoms with Crippen LogP contribution in [0.15, 0.2) is 4.42 Å². The third kappa shape index (κ3) is 1.66.